The van der Waals surface area contributed by atoms with Gasteiger partial charge in [-0.05, 0) is 73.4 Å². The number of rotatable bonds is 4. The number of aromatic nitrogens is 1. The zero-order chi connectivity index (χ0) is 26.3. The summed E-state index contributed by atoms with van der Waals surface area (Å²) in [5, 5.41) is 1.08. The molecular weight excluding hydrogens is 520 g/mol. The Morgan fingerprint density at radius 1 is 1.03 bits per heavy atom. The van der Waals surface area contributed by atoms with Crippen LogP contribution in [0.5, 0.6) is 0 Å². The van der Waals surface area contributed by atoms with Crippen LogP contribution in [0.15, 0.2) is 58.4 Å². The Hall–Kier alpha value is -3.17. The molecule has 9 heteroatoms. The highest BCUT2D eigenvalue weighted by molar-refractivity contribution is 8.00. The van der Waals surface area contributed by atoms with Crippen LogP contribution in [-0.2, 0) is 14.3 Å². The van der Waals surface area contributed by atoms with Crippen LogP contribution in [0.3, 0.4) is 0 Å². The van der Waals surface area contributed by atoms with Gasteiger partial charge in [0.1, 0.15) is 0 Å². The predicted molar refractivity (Wildman–Crippen MR) is 145 cm³/mol. The fraction of sp³-hybridized carbons (Fsp3) is 0.379. The lowest BCUT2D eigenvalue weighted by Crippen LogP contribution is -2.42. The molecule has 2 amide bonds. The number of aryl methyl sites for hydroxylation is 1. The highest BCUT2D eigenvalue weighted by Crippen LogP contribution is 2.68. The SMILES string of the molecule is CCOC(=O)c1ccc(N2C(=O)C3C4CC(C3C2=O)[C@H]2C(c3ccccc3C)c3sc(=O)[nH]c3SC42)cc1. The second-order valence-corrected chi connectivity index (χ2v) is 12.8. The van der Waals surface area contributed by atoms with Crippen LogP contribution in [-0.4, -0.2) is 34.6 Å². The van der Waals surface area contributed by atoms with E-state index in [0.29, 0.717) is 11.3 Å². The Bertz CT molecular complexity index is 1540. The standard InChI is InChI=1S/C29H26N2O5S2/c1-3-36-28(34)14-8-10-15(11-9-14)31-26(32)21-17-12-18(22(21)27(31)33)23-20(17)19(16-7-5-4-6-13(16)2)24-25(37-23)30-29(35)38-24/h4-11,17-23H,3,12H2,1-2H3,(H,30,35)/t17?,18?,19?,20-,21?,22?,23?/m0/s1. The molecule has 0 spiro atoms. The van der Waals surface area contributed by atoms with Gasteiger partial charge in [0, 0.05) is 16.0 Å². The number of thioether (sulfide) groups is 1. The number of ether oxygens (including phenoxy) is 1. The average Bonchev–Trinajstić information content (AvgIpc) is 3.64. The number of H-pyrrole nitrogens is 1. The summed E-state index contributed by atoms with van der Waals surface area (Å²) >= 11 is 2.97. The molecular formula is C29H26N2O5S2. The van der Waals surface area contributed by atoms with Crippen molar-refractivity contribution in [1.82, 2.24) is 4.98 Å². The fourth-order valence-corrected chi connectivity index (χ4v) is 10.4. The lowest BCUT2D eigenvalue weighted by molar-refractivity contribution is -0.123. The Labute approximate surface area is 227 Å². The fourth-order valence-electron chi connectivity index (χ4n) is 7.52. The Kier molecular flexibility index (Phi) is 5.46. The molecule has 2 aliphatic carbocycles. The van der Waals surface area contributed by atoms with E-state index in [1.165, 1.54) is 27.4 Å². The second-order valence-electron chi connectivity index (χ2n) is 10.6. The minimum atomic E-state index is -0.429. The molecule has 2 saturated carbocycles. The van der Waals surface area contributed by atoms with E-state index >= 15 is 0 Å². The quantitative estimate of drug-likeness (QED) is 0.380. The number of hydrogen-bond donors (Lipinski definition) is 1. The minimum absolute atomic E-state index is 0.0261. The number of nitrogens with one attached hydrogen (secondary N) is 1. The van der Waals surface area contributed by atoms with Gasteiger partial charge >= 0.3 is 10.8 Å². The van der Waals surface area contributed by atoms with Crippen LogP contribution in [0, 0.1) is 36.5 Å². The summed E-state index contributed by atoms with van der Waals surface area (Å²) in [7, 11) is 0. The molecule has 1 N–H and O–H groups in total. The van der Waals surface area contributed by atoms with E-state index in [0.717, 1.165) is 16.3 Å². The average molecular weight is 547 g/mol. The number of imide groups is 1. The number of fused-ring (bicyclic) bond motifs is 9. The highest BCUT2D eigenvalue weighted by atomic mass is 32.2. The highest BCUT2D eigenvalue weighted by Gasteiger charge is 2.69. The van der Waals surface area contributed by atoms with Crippen LogP contribution < -0.4 is 9.77 Å². The molecule has 1 aromatic heterocycles. The molecule has 2 aliphatic heterocycles. The van der Waals surface area contributed by atoms with Gasteiger partial charge in [-0.1, -0.05) is 35.6 Å². The maximum absolute atomic E-state index is 13.9. The van der Waals surface area contributed by atoms with Gasteiger partial charge in [-0.2, -0.15) is 0 Å². The van der Waals surface area contributed by atoms with E-state index in [9.17, 15) is 19.2 Å². The number of carbonyl (C=O) groups is 3. The summed E-state index contributed by atoms with van der Waals surface area (Å²) in [5.74, 6) is -1.09. The number of anilines is 1. The molecule has 3 aromatic rings. The first-order valence-electron chi connectivity index (χ1n) is 13.0. The maximum atomic E-state index is 13.9. The normalized spacial score (nSPS) is 30.8. The Morgan fingerprint density at radius 3 is 2.45 bits per heavy atom. The second kappa shape index (κ2) is 8.68. The number of hydrogen-bond acceptors (Lipinski definition) is 7. The summed E-state index contributed by atoms with van der Waals surface area (Å²) in [6.45, 7) is 4.13. The first-order chi connectivity index (χ1) is 18.4. The van der Waals surface area contributed by atoms with Gasteiger partial charge in [-0.15, -0.1) is 11.8 Å². The van der Waals surface area contributed by atoms with Crippen molar-refractivity contribution >= 4 is 46.6 Å². The smallest absolute Gasteiger partial charge is 0.338 e. The molecule has 0 radical (unpaired) electrons. The van der Waals surface area contributed by atoms with Crippen molar-refractivity contribution in [2.45, 2.75) is 36.5 Å². The van der Waals surface area contributed by atoms with E-state index in [2.05, 4.69) is 24.0 Å². The number of esters is 1. The lowest BCUT2D eigenvalue weighted by Gasteiger charge is -2.43. The largest absolute Gasteiger partial charge is 0.462 e. The van der Waals surface area contributed by atoms with Crippen LogP contribution in [0.25, 0.3) is 0 Å². The van der Waals surface area contributed by atoms with Crippen LogP contribution in [0.2, 0.25) is 0 Å². The first kappa shape index (κ1) is 23.9. The molecule has 7 nitrogen and oxygen atoms in total. The molecule has 1 saturated heterocycles. The van der Waals surface area contributed by atoms with Crippen molar-refractivity contribution in [3.05, 3.63) is 79.8 Å². The van der Waals surface area contributed by atoms with Crippen molar-refractivity contribution in [3.63, 3.8) is 0 Å². The molecule has 7 atom stereocenters. The number of aromatic amines is 1. The van der Waals surface area contributed by atoms with E-state index in [4.69, 9.17) is 4.74 Å². The van der Waals surface area contributed by atoms with Crippen molar-refractivity contribution in [1.29, 1.82) is 0 Å². The van der Waals surface area contributed by atoms with Gasteiger partial charge in [-0.3, -0.25) is 19.3 Å². The number of thiazole rings is 1. The molecule has 6 unspecified atom stereocenters. The molecule has 4 aliphatic rings. The summed E-state index contributed by atoms with van der Waals surface area (Å²) in [4.78, 5) is 57.6. The predicted octanol–water partition coefficient (Wildman–Crippen LogP) is 4.60. The summed E-state index contributed by atoms with van der Waals surface area (Å²) in [6, 6.07) is 14.8. The molecule has 38 heavy (non-hydrogen) atoms. The third-order valence-corrected chi connectivity index (χ3v) is 11.5. The molecule has 3 fully saturated rings. The van der Waals surface area contributed by atoms with Crippen LogP contribution in [0.4, 0.5) is 5.69 Å². The molecule has 2 aromatic carbocycles. The van der Waals surface area contributed by atoms with E-state index < -0.39 is 5.97 Å². The zero-order valence-corrected chi connectivity index (χ0v) is 22.5. The van der Waals surface area contributed by atoms with Gasteiger partial charge in [-0.25, -0.2) is 4.79 Å². The minimum Gasteiger partial charge on any atom is -0.462 e. The molecule has 3 heterocycles. The van der Waals surface area contributed by atoms with Crippen LogP contribution >= 0.6 is 23.1 Å². The Balaban J connectivity index is 1.26. The number of amides is 2. The summed E-state index contributed by atoms with van der Waals surface area (Å²) in [6.07, 6.45) is 0.854. The van der Waals surface area contributed by atoms with Gasteiger partial charge in [0.25, 0.3) is 0 Å². The summed E-state index contributed by atoms with van der Waals surface area (Å²) in [5.41, 5.74) is 3.26. The van der Waals surface area contributed by atoms with Crippen LogP contribution in [0.1, 0.15) is 45.6 Å². The maximum Gasteiger partial charge on any atom is 0.338 e. The summed E-state index contributed by atoms with van der Waals surface area (Å²) < 4.78 is 5.06. The molecule has 2 bridgehead atoms. The van der Waals surface area contributed by atoms with E-state index in [1.54, 1.807) is 43.0 Å². The van der Waals surface area contributed by atoms with Gasteiger partial charge in [0.05, 0.1) is 34.7 Å². The van der Waals surface area contributed by atoms with Crippen molar-refractivity contribution in [3.8, 4) is 0 Å². The zero-order valence-electron chi connectivity index (χ0n) is 20.9. The van der Waals surface area contributed by atoms with Crippen molar-refractivity contribution < 1.29 is 19.1 Å². The third kappa shape index (κ3) is 3.27. The molecule has 7 rings (SSSR count). The van der Waals surface area contributed by atoms with E-state index in [1.807, 2.05) is 12.1 Å². The first-order valence-corrected chi connectivity index (χ1v) is 14.7. The number of benzene rings is 2. The third-order valence-electron chi connectivity index (χ3n) is 8.88. The monoisotopic (exact) mass is 546 g/mol. The van der Waals surface area contributed by atoms with Gasteiger partial charge < -0.3 is 9.72 Å². The topological polar surface area (TPSA) is 96.5 Å². The number of nitrogens with zero attached hydrogens (tertiary/aromatic N) is 1. The Morgan fingerprint density at radius 2 is 1.74 bits per heavy atom. The van der Waals surface area contributed by atoms with Crippen molar-refractivity contribution in [2.24, 2.45) is 29.6 Å². The van der Waals surface area contributed by atoms with Gasteiger partial charge in [0.15, 0.2) is 0 Å². The lowest BCUT2D eigenvalue weighted by atomic mass is 9.67. The van der Waals surface area contributed by atoms with E-state index in [-0.39, 0.29) is 64.1 Å². The number of carbonyl (C=O) groups excluding carboxylic acids is 3. The van der Waals surface area contributed by atoms with Crippen molar-refractivity contribution in [2.75, 3.05) is 11.5 Å². The van der Waals surface area contributed by atoms with Gasteiger partial charge in [0.2, 0.25) is 11.8 Å². The molecule has 194 valence electrons.